The molecule has 2 heterocycles. The maximum absolute atomic E-state index is 13.8. The maximum Gasteiger partial charge on any atom is 0.253 e. The van der Waals surface area contributed by atoms with Crippen LogP contribution in [0.15, 0.2) is 30.5 Å². The standard InChI is InChI=1S/C18H20F2N2O2/c1-22-11-12(18(23)21-13-5-7-24-8-6-13)9-14(22)10-15-16(19)3-2-4-17(15)20/h2-4,9,11,13H,5-8,10H2,1H3,(H,21,23). The summed E-state index contributed by atoms with van der Waals surface area (Å²) in [6.45, 7) is 1.30. The molecule has 0 unspecified atom stereocenters. The first-order valence-corrected chi connectivity index (χ1v) is 8.01. The molecule has 1 N–H and O–H groups in total. The lowest BCUT2D eigenvalue weighted by atomic mass is 10.1. The molecule has 1 saturated heterocycles. The van der Waals surface area contributed by atoms with Crippen LogP contribution in [0.4, 0.5) is 8.78 Å². The van der Waals surface area contributed by atoms with Gasteiger partial charge in [0, 0.05) is 50.2 Å². The number of carbonyl (C=O) groups is 1. The fraction of sp³-hybridized carbons (Fsp3) is 0.389. The van der Waals surface area contributed by atoms with E-state index in [4.69, 9.17) is 4.74 Å². The first-order valence-electron chi connectivity index (χ1n) is 8.01. The summed E-state index contributed by atoms with van der Waals surface area (Å²) in [5, 5.41) is 2.98. The van der Waals surface area contributed by atoms with Gasteiger partial charge in [0.05, 0.1) is 5.56 Å². The third kappa shape index (κ3) is 3.64. The second-order valence-electron chi connectivity index (χ2n) is 6.07. The van der Waals surface area contributed by atoms with Crippen molar-refractivity contribution in [2.75, 3.05) is 13.2 Å². The van der Waals surface area contributed by atoms with E-state index in [0.717, 1.165) is 12.8 Å². The van der Waals surface area contributed by atoms with Crippen LogP contribution in [0, 0.1) is 11.6 Å². The highest BCUT2D eigenvalue weighted by atomic mass is 19.1. The maximum atomic E-state index is 13.8. The molecule has 4 nitrogen and oxygen atoms in total. The summed E-state index contributed by atoms with van der Waals surface area (Å²) in [5.41, 5.74) is 1.18. The Labute approximate surface area is 139 Å². The Morgan fingerprint density at radius 2 is 1.96 bits per heavy atom. The average molecular weight is 334 g/mol. The Kier molecular flexibility index (Phi) is 4.94. The molecule has 1 amide bonds. The Morgan fingerprint density at radius 1 is 1.29 bits per heavy atom. The van der Waals surface area contributed by atoms with Crippen LogP contribution in [0.5, 0.6) is 0 Å². The normalized spacial score (nSPS) is 15.5. The highest BCUT2D eigenvalue weighted by molar-refractivity contribution is 5.94. The van der Waals surface area contributed by atoms with E-state index in [1.54, 1.807) is 23.9 Å². The molecule has 3 rings (SSSR count). The lowest BCUT2D eigenvalue weighted by Gasteiger charge is -2.22. The zero-order valence-electron chi connectivity index (χ0n) is 13.5. The molecule has 6 heteroatoms. The second-order valence-corrected chi connectivity index (χ2v) is 6.07. The van der Waals surface area contributed by atoms with Crippen molar-refractivity contribution in [3.63, 3.8) is 0 Å². The van der Waals surface area contributed by atoms with E-state index in [2.05, 4.69) is 5.32 Å². The van der Waals surface area contributed by atoms with Crippen LogP contribution in [0.1, 0.15) is 34.5 Å². The fourth-order valence-electron chi connectivity index (χ4n) is 2.90. The number of benzene rings is 1. The minimum Gasteiger partial charge on any atom is -0.381 e. The van der Waals surface area contributed by atoms with Gasteiger partial charge >= 0.3 is 0 Å². The molecular weight excluding hydrogens is 314 g/mol. The Morgan fingerprint density at radius 3 is 2.62 bits per heavy atom. The van der Waals surface area contributed by atoms with Gasteiger partial charge in [-0.1, -0.05) is 6.07 Å². The molecule has 1 aromatic heterocycles. The van der Waals surface area contributed by atoms with Crippen molar-refractivity contribution in [2.45, 2.75) is 25.3 Å². The van der Waals surface area contributed by atoms with Gasteiger partial charge in [-0.05, 0) is 31.0 Å². The van der Waals surface area contributed by atoms with Crippen LogP contribution in [0.2, 0.25) is 0 Å². The number of aryl methyl sites for hydroxylation is 1. The average Bonchev–Trinajstić information content (AvgIpc) is 2.93. The quantitative estimate of drug-likeness (QED) is 0.934. The molecule has 0 aliphatic carbocycles. The van der Waals surface area contributed by atoms with Crippen molar-refractivity contribution in [2.24, 2.45) is 7.05 Å². The highest BCUT2D eigenvalue weighted by Crippen LogP contribution is 2.19. The zero-order chi connectivity index (χ0) is 17.1. The van der Waals surface area contributed by atoms with Gasteiger partial charge in [0.1, 0.15) is 11.6 Å². The molecule has 0 spiro atoms. The van der Waals surface area contributed by atoms with Gasteiger partial charge in [0.2, 0.25) is 0 Å². The Balaban J connectivity index is 1.73. The van der Waals surface area contributed by atoms with Crippen molar-refractivity contribution in [1.82, 2.24) is 9.88 Å². The summed E-state index contributed by atoms with van der Waals surface area (Å²) in [7, 11) is 1.76. The van der Waals surface area contributed by atoms with E-state index >= 15 is 0 Å². The molecule has 24 heavy (non-hydrogen) atoms. The number of halogens is 2. The number of hydrogen-bond acceptors (Lipinski definition) is 2. The van der Waals surface area contributed by atoms with E-state index in [-0.39, 0.29) is 23.9 Å². The zero-order valence-corrected chi connectivity index (χ0v) is 13.5. The van der Waals surface area contributed by atoms with Gasteiger partial charge in [-0.2, -0.15) is 0 Å². The Hall–Kier alpha value is -2.21. The number of aromatic nitrogens is 1. The second kappa shape index (κ2) is 7.13. The summed E-state index contributed by atoms with van der Waals surface area (Å²) in [6, 6.07) is 5.60. The van der Waals surface area contributed by atoms with Gasteiger partial charge in [-0.15, -0.1) is 0 Å². The van der Waals surface area contributed by atoms with E-state index < -0.39 is 11.6 Å². The van der Waals surface area contributed by atoms with E-state index in [9.17, 15) is 13.6 Å². The topological polar surface area (TPSA) is 43.3 Å². The minimum absolute atomic E-state index is 0.00934. The van der Waals surface area contributed by atoms with Crippen LogP contribution in [0.25, 0.3) is 0 Å². The fourth-order valence-corrected chi connectivity index (χ4v) is 2.90. The molecule has 1 aliphatic rings. The molecule has 1 fully saturated rings. The monoisotopic (exact) mass is 334 g/mol. The summed E-state index contributed by atoms with van der Waals surface area (Å²) >= 11 is 0. The number of amides is 1. The highest BCUT2D eigenvalue weighted by Gasteiger charge is 2.19. The largest absolute Gasteiger partial charge is 0.381 e. The van der Waals surface area contributed by atoms with Crippen LogP contribution in [0.3, 0.4) is 0 Å². The lowest BCUT2D eigenvalue weighted by molar-refractivity contribution is 0.0696. The van der Waals surface area contributed by atoms with E-state index in [1.807, 2.05) is 0 Å². The number of carbonyl (C=O) groups excluding carboxylic acids is 1. The number of ether oxygens (including phenoxy) is 1. The molecule has 0 radical (unpaired) electrons. The van der Waals surface area contributed by atoms with Crippen molar-refractivity contribution >= 4 is 5.91 Å². The van der Waals surface area contributed by atoms with Crippen LogP contribution < -0.4 is 5.32 Å². The first-order chi connectivity index (χ1) is 11.5. The SMILES string of the molecule is Cn1cc(C(=O)NC2CCOCC2)cc1Cc1c(F)cccc1F. The summed E-state index contributed by atoms with van der Waals surface area (Å²) in [5.74, 6) is -1.33. The van der Waals surface area contributed by atoms with Gasteiger partial charge in [-0.3, -0.25) is 4.79 Å². The number of hydrogen-bond donors (Lipinski definition) is 1. The predicted octanol–water partition coefficient (Wildman–Crippen LogP) is 2.80. The van der Waals surface area contributed by atoms with Crippen molar-refractivity contribution < 1.29 is 18.3 Å². The Bertz CT molecular complexity index is 716. The van der Waals surface area contributed by atoms with Gasteiger partial charge < -0.3 is 14.6 Å². The van der Waals surface area contributed by atoms with Crippen molar-refractivity contribution in [3.05, 3.63) is 58.9 Å². The van der Waals surface area contributed by atoms with Crippen LogP contribution in [-0.2, 0) is 18.2 Å². The molecule has 1 aliphatic heterocycles. The van der Waals surface area contributed by atoms with Gasteiger partial charge in [0.25, 0.3) is 5.91 Å². The molecule has 0 bridgehead atoms. The minimum atomic E-state index is -0.579. The van der Waals surface area contributed by atoms with Crippen molar-refractivity contribution in [1.29, 1.82) is 0 Å². The number of nitrogens with one attached hydrogen (secondary N) is 1. The first kappa shape index (κ1) is 16.6. The molecule has 0 atom stereocenters. The number of nitrogens with zero attached hydrogens (tertiary/aromatic N) is 1. The molecular formula is C18H20F2N2O2. The third-order valence-corrected chi connectivity index (χ3v) is 4.35. The lowest BCUT2D eigenvalue weighted by Crippen LogP contribution is -2.38. The molecule has 0 saturated carbocycles. The van der Waals surface area contributed by atoms with Crippen molar-refractivity contribution in [3.8, 4) is 0 Å². The summed E-state index contributed by atoms with van der Waals surface area (Å²) in [6.07, 6.45) is 3.38. The van der Waals surface area contributed by atoms with E-state index in [1.165, 1.54) is 18.2 Å². The summed E-state index contributed by atoms with van der Waals surface area (Å²) in [4.78, 5) is 12.4. The molecule has 128 valence electrons. The third-order valence-electron chi connectivity index (χ3n) is 4.35. The van der Waals surface area contributed by atoms with Crippen LogP contribution in [-0.4, -0.2) is 29.7 Å². The molecule has 1 aromatic carbocycles. The van der Waals surface area contributed by atoms with Gasteiger partial charge in [-0.25, -0.2) is 8.78 Å². The molecule has 2 aromatic rings. The van der Waals surface area contributed by atoms with E-state index in [0.29, 0.717) is 24.5 Å². The van der Waals surface area contributed by atoms with Crippen LogP contribution >= 0.6 is 0 Å². The summed E-state index contributed by atoms with van der Waals surface area (Å²) < 4.78 is 34.6. The predicted molar refractivity (Wildman–Crippen MR) is 85.9 cm³/mol. The number of rotatable bonds is 4. The van der Waals surface area contributed by atoms with Gasteiger partial charge in [0.15, 0.2) is 0 Å². The smallest absolute Gasteiger partial charge is 0.253 e.